The average molecular weight is 310 g/mol. The third-order valence-corrected chi connectivity index (χ3v) is 3.97. The molecular formula is C15H22N2O3S. The van der Waals surface area contributed by atoms with E-state index in [1.165, 1.54) is 18.9 Å². The number of ether oxygens (including phenoxy) is 1. The second kappa shape index (κ2) is 8.56. The number of esters is 1. The molecule has 116 valence electrons. The molecule has 0 heterocycles. The highest BCUT2D eigenvalue weighted by atomic mass is 32.2. The third-order valence-electron chi connectivity index (χ3n) is 3.04. The Morgan fingerprint density at radius 2 is 1.67 bits per heavy atom. The van der Waals surface area contributed by atoms with Crippen LogP contribution in [0.2, 0.25) is 0 Å². The summed E-state index contributed by atoms with van der Waals surface area (Å²) < 4.78 is 4.55. The van der Waals surface area contributed by atoms with Crippen molar-refractivity contribution >= 4 is 35.0 Å². The summed E-state index contributed by atoms with van der Waals surface area (Å²) in [6, 6.07) is 7.81. The van der Waals surface area contributed by atoms with Gasteiger partial charge in [-0.3, -0.25) is 9.59 Å². The maximum Gasteiger partial charge on any atom is 0.315 e. The van der Waals surface area contributed by atoms with Crippen LogP contribution in [0.25, 0.3) is 0 Å². The number of anilines is 2. The molecule has 6 heteroatoms. The lowest BCUT2D eigenvalue weighted by Crippen LogP contribution is -2.26. The van der Waals surface area contributed by atoms with E-state index in [1.54, 1.807) is 11.9 Å². The Morgan fingerprint density at radius 1 is 1.10 bits per heavy atom. The molecule has 0 radical (unpaired) electrons. The number of hydrogen-bond acceptors (Lipinski definition) is 5. The molecule has 0 spiro atoms. The van der Waals surface area contributed by atoms with Crippen LogP contribution < -0.4 is 9.80 Å². The molecule has 0 bridgehead atoms. The van der Waals surface area contributed by atoms with Crippen molar-refractivity contribution in [3.05, 3.63) is 24.3 Å². The van der Waals surface area contributed by atoms with Crippen molar-refractivity contribution < 1.29 is 14.3 Å². The molecular weight excluding hydrogens is 288 g/mol. The van der Waals surface area contributed by atoms with Crippen molar-refractivity contribution in [3.63, 3.8) is 0 Å². The van der Waals surface area contributed by atoms with Gasteiger partial charge in [0.2, 0.25) is 5.91 Å². The summed E-state index contributed by atoms with van der Waals surface area (Å²) in [5, 5.41) is 0. The maximum atomic E-state index is 12.1. The predicted octanol–water partition coefficient (Wildman–Crippen LogP) is 2.01. The van der Waals surface area contributed by atoms with Gasteiger partial charge in [0.1, 0.15) is 0 Å². The molecule has 0 saturated carbocycles. The smallest absolute Gasteiger partial charge is 0.315 e. The van der Waals surface area contributed by atoms with Gasteiger partial charge >= 0.3 is 5.97 Å². The first-order valence-corrected chi connectivity index (χ1v) is 7.79. The zero-order valence-electron chi connectivity index (χ0n) is 13.0. The van der Waals surface area contributed by atoms with Gasteiger partial charge in [0.15, 0.2) is 0 Å². The lowest BCUT2D eigenvalue weighted by Gasteiger charge is -2.19. The molecule has 0 unspecified atom stereocenters. The monoisotopic (exact) mass is 310 g/mol. The van der Waals surface area contributed by atoms with E-state index in [0.29, 0.717) is 12.2 Å². The highest BCUT2D eigenvalue weighted by Crippen LogP contribution is 2.19. The van der Waals surface area contributed by atoms with Gasteiger partial charge in [-0.2, -0.15) is 0 Å². The van der Waals surface area contributed by atoms with Gasteiger partial charge in [-0.1, -0.05) is 0 Å². The maximum absolute atomic E-state index is 12.1. The minimum absolute atomic E-state index is 0.0324. The summed E-state index contributed by atoms with van der Waals surface area (Å²) in [6.07, 6.45) is 0.396. The Kier molecular flexibility index (Phi) is 7.08. The zero-order chi connectivity index (χ0) is 15.8. The van der Waals surface area contributed by atoms with E-state index in [2.05, 4.69) is 4.74 Å². The minimum Gasteiger partial charge on any atom is -0.468 e. The van der Waals surface area contributed by atoms with Gasteiger partial charge in [0.05, 0.1) is 12.9 Å². The highest BCUT2D eigenvalue weighted by molar-refractivity contribution is 7.99. The number of carbonyl (C=O) groups excluding carboxylic acids is 2. The summed E-state index contributed by atoms with van der Waals surface area (Å²) in [6.45, 7) is 0. The van der Waals surface area contributed by atoms with Crippen LogP contribution in [-0.4, -0.2) is 51.6 Å². The molecule has 1 rings (SSSR count). The number of thioether (sulfide) groups is 1. The van der Waals surface area contributed by atoms with Crippen LogP contribution in [0.15, 0.2) is 24.3 Å². The fourth-order valence-corrected chi connectivity index (χ4v) is 2.41. The Hall–Kier alpha value is -1.69. The summed E-state index contributed by atoms with van der Waals surface area (Å²) in [7, 11) is 7.07. The Bertz CT molecular complexity index is 474. The van der Waals surface area contributed by atoms with Crippen LogP contribution in [0.5, 0.6) is 0 Å². The van der Waals surface area contributed by atoms with Gasteiger partial charge < -0.3 is 14.5 Å². The Balaban J connectivity index is 2.44. The van der Waals surface area contributed by atoms with E-state index >= 15 is 0 Å². The van der Waals surface area contributed by atoms with Gasteiger partial charge in [-0.05, 0) is 24.3 Å². The molecule has 0 aromatic heterocycles. The molecule has 1 aromatic rings. The zero-order valence-corrected chi connectivity index (χ0v) is 13.8. The van der Waals surface area contributed by atoms with Crippen molar-refractivity contribution in [3.8, 4) is 0 Å². The Morgan fingerprint density at radius 3 is 2.19 bits per heavy atom. The largest absolute Gasteiger partial charge is 0.468 e. The van der Waals surface area contributed by atoms with E-state index in [1.807, 2.05) is 43.3 Å². The molecule has 0 aliphatic rings. The van der Waals surface area contributed by atoms with Crippen molar-refractivity contribution in [2.75, 3.05) is 49.6 Å². The molecule has 0 aliphatic heterocycles. The van der Waals surface area contributed by atoms with Gasteiger partial charge in [-0.15, -0.1) is 11.8 Å². The normalized spacial score (nSPS) is 10.1. The summed E-state index contributed by atoms with van der Waals surface area (Å²) in [5.74, 6) is 0.657. The molecule has 1 amide bonds. The lowest BCUT2D eigenvalue weighted by atomic mass is 10.2. The number of nitrogens with zero attached hydrogens (tertiary/aromatic N) is 2. The SMILES string of the molecule is COC(=O)CSCCC(=O)N(C)c1ccc(N(C)C)cc1. The van der Waals surface area contributed by atoms with Crippen LogP contribution in [0.1, 0.15) is 6.42 Å². The number of rotatable bonds is 7. The topological polar surface area (TPSA) is 49.9 Å². The molecule has 0 N–H and O–H groups in total. The van der Waals surface area contributed by atoms with Crippen LogP contribution >= 0.6 is 11.8 Å². The lowest BCUT2D eigenvalue weighted by molar-refractivity contribution is -0.137. The molecule has 1 aromatic carbocycles. The van der Waals surface area contributed by atoms with Gasteiger partial charge in [0.25, 0.3) is 0 Å². The molecule has 0 saturated heterocycles. The highest BCUT2D eigenvalue weighted by Gasteiger charge is 2.11. The van der Waals surface area contributed by atoms with Crippen LogP contribution in [-0.2, 0) is 14.3 Å². The summed E-state index contributed by atoms with van der Waals surface area (Å²) >= 11 is 1.40. The van der Waals surface area contributed by atoms with Crippen molar-refractivity contribution in [1.82, 2.24) is 0 Å². The second-order valence-corrected chi connectivity index (χ2v) is 5.85. The van der Waals surface area contributed by atoms with Crippen molar-refractivity contribution in [2.45, 2.75) is 6.42 Å². The molecule has 0 atom stereocenters. The molecule has 21 heavy (non-hydrogen) atoms. The van der Waals surface area contributed by atoms with Crippen LogP contribution in [0, 0.1) is 0 Å². The van der Waals surface area contributed by atoms with E-state index in [-0.39, 0.29) is 17.6 Å². The molecule has 5 nitrogen and oxygen atoms in total. The molecule has 0 fully saturated rings. The standard InChI is InChI=1S/C15H22N2O3S/c1-16(2)12-5-7-13(8-6-12)17(3)14(18)9-10-21-11-15(19)20-4/h5-8H,9-11H2,1-4H3. The number of carbonyl (C=O) groups is 2. The van der Waals surface area contributed by atoms with Crippen molar-refractivity contribution in [1.29, 1.82) is 0 Å². The van der Waals surface area contributed by atoms with Crippen LogP contribution in [0.4, 0.5) is 11.4 Å². The van der Waals surface area contributed by atoms with E-state index in [9.17, 15) is 9.59 Å². The van der Waals surface area contributed by atoms with E-state index < -0.39 is 0 Å². The minimum atomic E-state index is -0.264. The summed E-state index contributed by atoms with van der Waals surface area (Å²) in [4.78, 5) is 26.7. The van der Waals surface area contributed by atoms with Crippen LogP contribution in [0.3, 0.4) is 0 Å². The first-order chi connectivity index (χ1) is 9.95. The van der Waals surface area contributed by atoms with Gasteiger partial charge in [0, 0.05) is 44.7 Å². The number of hydrogen-bond donors (Lipinski definition) is 0. The number of amides is 1. The Labute approximate surface area is 130 Å². The molecule has 0 aliphatic carbocycles. The third kappa shape index (κ3) is 5.67. The van der Waals surface area contributed by atoms with E-state index in [0.717, 1.165) is 11.4 Å². The average Bonchev–Trinajstić information content (AvgIpc) is 2.50. The fourth-order valence-electron chi connectivity index (χ4n) is 1.66. The predicted molar refractivity (Wildman–Crippen MR) is 88.1 cm³/mol. The second-order valence-electron chi connectivity index (χ2n) is 4.74. The summed E-state index contributed by atoms with van der Waals surface area (Å²) in [5.41, 5.74) is 1.96. The quantitative estimate of drug-likeness (QED) is 0.569. The first-order valence-electron chi connectivity index (χ1n) is 6.64. The van der Waals surface area contributed by atoms with Crippen molar-refractivity contribution in [2.24, 2.45) is 0 Å². The first kappa shape index (κ1) is 17.4. The number of methoxy groups -OCH3 is 1. The van der Waals surface area contributed by atoms with E-state index in [4.69, 9.17) is 0 Å². The van der Waals surface area contributed by atoms with Gasteiger partial charge in [-0.25, -0.2) is 0 Å². The fraction of sp³-hybridized carbons (Fsp3) is 0.467. The number of benzene rings is 1.